The first-order chi connectivity index (χ1) is 30.5. The van der Waals surface area contributed by atoms with Crippen LogP contribution in [0.5, 0.6) is 6.01 Å². The maximum atomic E-state index is 14.6. The van der Waals surface area contributed by atoms with Crippen molar-refractivity contribution in [3.8, 4) is 17.1 Å². The van der Waals surface area contributed by atoms with E-state index in [-0.39, 0.29) is 57.2 Å². The Morgan fingerprint density at radius 2 is 1.29 bits per heavy atom. The summed E-state index contributed by atoms with van der Waals surface area (Å²) in [5.41, 5.74) is -1.85. The summed E-state index contributed by atoms with van der Waals surface area (Å²) in [5, 5.41) is 27.7. The van der Waals surface area contributed by atoms with Gasteiger partial charge in [-0.2, -0.15) is 4.98 Å². The Balaban J connectivity index is 1.32. The third-order valence-electron chi connectivity index (χ3n) is 9.80. The van der Waals surface area contributed by atoms with E-state index >= 15 is 0 Å². The third-order valence-corrected chi connectivity index (χ3v) is 16.3. The number of anilines is 6. The molecule has 0 unspecified atom stereocenters. The van der Waals surface area contributed by atoms with Gasteiger partial charge in [0.15, 0.2) is 0 Å². The molecule has 334 valence electrons. The number of aromatic nitrogens is 4. The maximum absolute atomic E-state index is 14.6. The summed E-state index contributed by atoms with van der Waals surface area (Å²) >= 11 is -3.97. The number of nitrogens with zero attached hydrogens (tertiary/aromatic N) is 4. The zero-order chi connectivity index (χ0) is 46.9. The Morgan fingerprint density at radius 3 is 1.94 bits per heavy atom. The van der Waals surface area contributed by atoms with Crippen LogP contribution < -0.4 is 21.5 Å². The number of benzene rings is 5. The van der Waals surface area contributed by atoms with Crippen molar-refractivity contribution >= 4 is 108 Å². The Hall–Kier alpha value is -6.92. The van der Waals surface area contributed by atoms with Crippen molar-refractivity contribution in [3.05, 3.63) is 131 Å². The number of aromatic carboxylic acids is 1. The number of carbonyl (C=O) groups excluding carboxylic acids is 1. The number of aryl methyl sites for hydroxylation is 1. The number of ketones is 1. The molecule has 0 saturated carbocycles. The van der Waals surface area contributed by atoms with Crippen LogP contribution in [-0.2, 0) is 37.4 Å². The van der Waals surface area contributed by atoms with E-state index in [1.165, 1.54) is 73.8 Å². The summed E-state index contributed by atoms with van der Waals surface area (Å²) < 4.78 is 119. The van der Waals surface area contributed by atoms with Gasteiger partial charge in [0.25, 0.3) is 0 Å². The summed E-state index contributed by atoms with van der Waals surface area (Å²) in [5.74, 6) is -2.94. The summed E-state index contributed by atoms with van der Waals surface area (Å²) in [6.45, 7) is 0. The molecule has 7 aromatic rings. The molecule has 0 saturated heterocycles. The van der Waals surface area contributed by atoms with E-state index in [0.29, 0.717) is 6.07 Å². The van der Waals surface area contributed by atoms with Crippen molar-refractivity contribution in [1.29, 1.82) is 0 Å². The molecule has 8 rings (SSSR count). The first-order valence-electron chi connectivity index (χ1n) is 18.0. The van der Waals surface area contributed by atoms with Crippen molar-refractivity contribution in [2.24, 2.45) is 7.05 Å². The predicted molar refractivity (Wildman–Crippen MR) is 239 cm³/mol. The van der Waals surface area contributed by atoms with Crippen molar-refractivity contribution in [2.75, 3.05) is 16.0 Å². The molecule has 0 fully saturated rings. The molecule has 0 aliphatic heterocycles. The number of carboxylic acids is 1. The molecule has 2 aromatic heterocycles. The number of fused-ring (bicyclic) bond motifs is 2. The zero-order valence-corrected chi connectivity index (χ0v) is 37.1. The third kappa shape index (κ3) is 8.46. The van der Waals surface area contributed by atoms with Crippen molar-refractivity contribution in [3.63, 3.8) is 0 Å². The first-order valence-corrected chi connectivity index (χ1v) is 25.5. The van der Waals surface area contributed by atoms with Gasteiger partial charge in [0.2, 0.25) is 5.95 Å². The number of hydrogen-bond donors (Lipinski definition) is 9. The van der Waals surface area contributed by atoms with Crippen LogP contribution in [0.3, 0.4) is 0 Å². The van der Waals surface area contributed by atoms with Gasteiger partial charge < -0.3 is 15.5 Å². The van der Waals surface area contributed by atoms with E-state index < -0.39 is 112 Å². The molecule has 0 atom stereocenters. The fraction of sp³-hybridized carbons (Fsp3) is 0.0256. The van der Waals surface area contributed by atoms with Gasteiger partial charge in [-0.3, -0.25) is 0 Å². The molecule has 0 bridgehead atoms. The Morgan fingerprint density at radius 1 is 0.662 bits per heavy atom. The van der Waals surface area contributed by atoms with Gasteiger partial charge in [-0.1, -0.05) is 6.07 Å². The second-order valence-electron chi connectivity index (χ2n) is 13.8. The summed E-state index contributed by atoms with van der Waals surface area (Å²) in [6.07, 6.45) is 0. The van der Waals surface area contributed by atoms with Crippen molar-refractivity contribution in [2.45, 2.75) is 14.7 Å². The van der Waals surface area contributed by atoms with Crippen LogP contribution in [0.1, 0.15) is 26.3 Å². The van der Waals surface area contributed by atoms with Gasteiger partial charge in [-0.05, 0) is 18.2 Å². The minimum atomic E-state index is -5.39. The molecule has 22 nitrogen and oxygen atoms in total. The SMILES string of the molecule is Cn1c(=O)c(I(O)c2cccc(S(=O)(=O)O)c2)c2c3c(c(Nc4cc(Nc5nc(O)nc(Nc6cccc(C(=O)O)c6)n5)c(S(=O)(=O)O)cc4S(=O)(=O)O)ccc31)C(=O)c1ccccc1-2. The topological polar surface area (TPSA) is 355 Å². The van der Waals surface area contributed by atoms with Crippen LogP contribution in [0, 0.1) is 7.14 Å². The molecule has 1 aliphatic carbocycles. The molecular weight excluding hydrogens is 1030 g/mol. The van der Waals surface area contributed by atoms with Gasteiger partial charge >= 0.3 is 309 Å². The van der Waals surface area contributed by atoms with Crippen LogP contribution in [0.4, 0.5) is 34.6 Å². The number of aromatic hydroxyl groups is 1. The van der Waals surface area contributed by atoms with E-state index in [1.807, 2.05) is 0 Å². The summed E-state index contributed by atoms with van der Waals surface area (Å²) in [7, 11) is -14.1. The van der Waals surface area contributed by atoms with Crippen LogP contribution in [0.15, 0.2) is 117 Å². The Bertz CT molecular complexity index is 3650. The molecule has 1 aliphatic rings. The molecule has 0 amide bonds. The average Bonchev–Trinajstić information content (AvgIpc) is 3.23. The number of carbonyl (C=O) groups is 2. The molecule has 0 spiro atoms. The van der Waals surface area contributed by atoms with E-state index in [4.69, 9.17) is 0 Å². The van der Waals surface area contributed by atoms with Crippen LogP contribution >= 0.6 is 20.2 Å². The normalized spacial score (nSPS) is 12.7. The molecular formula is C39H28IN7O15S3. The fourth-order valence-electron chi connectivity index (χ4n) is 7.02. The predicted octanol–water partition coefficient (Wildman–Crippen LogP) is 4.76. The van der Waals surface area contributed by atoms with E-state index in [9.17, 15) is 66.9 Å². The van der Waals surface area contributed by atoms with E-state index in [1.54, 1.807) is 6.07 Å². The number of pyridine rings is 1. The van der Waals surface area contributed by atoms with Crippen molar-refractivity contribution in [1.82, 2.24) is 19.5 Å². The quantitative estimate of drug-likeness (QED) is 0.0588. The molecule has 0 radical (unpaired) electrons. The summed E-state index contributed by atoms with van der Waals surface area (Å²) in [6, 6.07) is 19.1. The van der Waals surface area contributed by atoms with Gasteiger partial charge in [-0.15, -0.1) is 0 Å². The molecule has 2 heterocycles. The standard InChI is InChI=1S/C39H28IN7O15S3/c1-47-27-13-12-24(31-32(27)30(22-10-2-3-11-23(22)34(31)48)33(35(47)49)40(53)19-7-5-9-21(15-19)63(54,55)56)42-25-16-26(29(65(60,61)62)17-28(25)64(57,58)59)43-38-44-37(45-39(52)46-38)41-20-8-4-6-18(14-20)36(50)51/h2-17,42,53H,1H3,(H,50,51)(H,54,55,56)(H,57,58,59)(H,60,61,62)(H3,41,43,44,45,46,52). The van der Waals surface area contributed by atoms with Crippen LogP contribution in [0.2, 0.25) is 0 Å². The van der Waals surface area contributed by atoms with E-state index in [0.717, 1.165) is 22.8 Å². The first kappa shape index (κ1) is 44.7. The molecule has 9 N–H and O–H groups in total. The van der Waals surface area contributed by atoms with Gasteiger partial charge in [0.05, 0.1) is 5.56 Å². The van der Waals surface area contributed by atoms with Gasteiger partial charge in [0, 0.05) is 5.69 Å². The van der Waals surface area contributed by atoms with E-state index in [2.05, 4.69) is 30.9 Å². The summed E-state index contributed by atoms with van der Waals surface area (Å²) in [4.78, 5) is 48.9. The molecule has 5 aromatic carbocycles. The minimum absolute atomic E-state index is 0.0221. The number of rotatable bonds is 12. The van der Waals surface area contributed by atoms with Crippen LogP contribution in [-0.4, -0.2) is 83.8 Å². The Kier molecular flexibility index (Phi) is 11.2. The van der Waals surface area contributed by atoms with Gasteiger partial charge in [-0.25, -0.2) is 4.79 Å². The Labute approximate surface area is 373 Å². The van der Waals surface area contributed by atoms with Gasteiger partial charge in [0.1, 0.15) is 0 Å². The molecule has 65 heavy (non-hydrogen) atoms. The number of carboxylic acid groups (broad SMARTS) is 1. The fourth-order valence-corrected chi connectivity index (χ4v) is 12.8. The number of nitrogens with one attached hydrogen (secondary N) is 3. The second kappa shape index (κ2) is 16.3. The zero-order valence-electron chi connectivity index (χ0n) is 32.5. The van der Waals surface area contributed by atoms with Crippen molar-refractivity contribution < 1.29 is 62.1 Å². The molecule has 26 heteroatoms. The average molecular weight is 1060 g/mol. The number of halogens is 1. The van der Waals surface area contributed by atoms with Crippen LogP contribution in [0.25, 0.3) is 22.0 Å². The monoisotopic (exact) mass is 1060 g/mol. The number of hydrogen-bond acceptors (Lipinski definition) is 17. The second-order valence-corrected chi connectivity index (χ2v) is 21.9.